The molecular weight excluding hydrogens is 236 g/mol. The van der Waals surface area contributed by atoms with Gasteiger partial charge in [0, 0.05) is 25.7 Å². The summed E-state index contributed by atoms with van der Waals surface area (Å²) < 4.78 is 5.26. The number of ether oxygens (including phenoxy) is 1. The number of rotatable bonds is 8. The highest BCUT2D eigenvalue weighted by molar-refractivity contribution is 4.97. The summed E-state index contributed by atoms with van der Waals surface area (Å²) in [7, 11) is 4.01. The summed E-state index contributed by atoms with van der Waals surface area (Å²) in [5, 5.41) is 3.79. The molecule has 0 amide bonds. The van der Waals surface area contributed by atoms with E-state index in [1.807, 2.05) is 0 Å². The summed E-state index contributed by atoms with van der Waals surface area (Å²) in [6, 6.07) is 1.16. The molecule has 1 aliphatic carbocycles. The maximum Gasteiger partial charge on any atom is 0.0615 e. The molecule has 0 aromatic carbocycles. The highest BCUT2D eigenvalue weighted by Crippen LogP contribution is 2.41. The van der Waals surface area contributed by atoms with E-state index in [-0.39, 0.29) is 0 Å². The highest BCUT2D eigenvalue weighted by atomic mass is 16.5. The molecule has 0 aromatic heterocycles. The second-order valence-corrected chi connectivity index (χ2v) is 6.96. The molecule has 1 aliphatic rings. The van der Waals surface area contributed by atoms with Crippen LogP contribution in [0.15, 0.2) is 0 Å². The summed E-state index contributed by atoms with van der Waals surface area (Å²) in [5.41, 5.74) is 0.436. The maximum atomic E-state index is 5.26. The molecule has 0 spiro atoms. The zero-order chi connectivity index (χ0) is 14.5. The van der Waals surface area contributed by atoms with E-state index in [9.17, 15) is 0 Å². The van der Waals surface area contributed by atoms with E-state index in [4.69, 9.17) is 4.74 Å². The average molecular weight is 270 g/mol. The smallest absolute Gasteiger partial charge is 0.0615 e. The summed E-state index contributed by atoms with van der Waals surface area (Å²) in [4.78, 5) is 2.45. The van der Waals surface area contributed by atoms with Gasteiger partial charge < -0.3 is 15.0 Å². The van der Waals surface area contributed by atoms with Crippen LogP contribution in [0.5, 0.6) is 0 Å². The van der Waals surface area contributed by atoms with Crippen LogP contribution in [0.1, 0.15) is 47.0 Å². The fourth-order valence-corrected chi connectivity index (χ4v) is 3.38. The molecule has 0 saturated heterocycles. The minimum absolute atomic E-state index is 0.436. The van der Waals surface area contributed by atoms with E-state index >= 15 is 0 Å². The lowest BCUT2D eigenvalue weighted by Crippen LogP contribution is -2.47. The second kappa shape index (κ2) is 7.61. The van der Waals surface area contributed by atoms with Crippen LogP contribution in [0.2, 0.25) is 0 Å². The zero-order valence-electron chi connectivity index (χ0n) is 13.8. The van der Waals surface area contributed by atoms with Gasteiger partial charge in [-0.25, -0.2) is 0 Å². The predicted octanol–water partition coefficient (Wildman–Crippen LogP) is 2.76. The first-order chi connectivity index (χ1) is 8.92. The van der Waals surface area contributed by atoms with Crippen LogP contribution >= 0.6 is 0 Å². The topological polar surface area (TPSA) is 24.5 Å². The molecular formula is C16H34N2O. The maximum absolute atomic E-state index is 5.26. The van der Waals surface area contributed by atoms with Gasteiger partial charge in [-0.15, -0.1) is 0 Å². The van der Waals surface area contributed by atoms with Crippen LogP contribution in [0.25, 0.3) is 0 Å². The van der Waals surface area contributed by atoms with Crippen molar-refractivity contribution < 1.29 is 4.74 Å². The predicted molar refractivity (Wildman–Crippen MR) is 82.6 cm³/mol. The summed E-state index contributed by atoms with van der Waals surface area (Å²) in [6.45, 7) is 12.5. The third kappa shape index (κ3) is 4.73. The Morgan fingerprint density at radius 3 is 2.68 bits per heavy atom. The molecule has 1 N–H and O–H groups in total. The van der Waals surface area contributed by atoms with Gasteiger partial charge in [0.1, 0.15) is 0 Å². The van der Waals surface area contributed by atoms with Crippen molar-refractivity contribution in [2.24, 2.45) is 11.3 Å². The Kier molecular flexibility index (Phi) is 6.78. The van der Waals surface area contributed by atoms with Crippen molar-refractivity contribution in [3.05, 3.63) is 0 Å². The van der Waals surface area contributed by atoms with Crippen LogP contribution in [0, 0.1) is 11.3 Å². The average Bonchev–Trinajstić information content (AvgIpc) is 2.62. The Balaban J connectivity index is 2.55. The van der Waals surface area contributed by atoms with Crippen LogP contribution in [-0.4, -0.2) is 50.8 Å². The summed E-state index contributed by atoms with van der Waals surface area (Å²) in [5.74, 6) is 0.769. The Bertz CT molecular complexity index is 255. The quantitative estimate of drug-likeness (QED) is 0.734. The normalized spacial score (nSPS) is 27.9. The molecule has 0 aliphatic heterocycles. The monoisotopic (exact) mass is 270 g/mol. The van der Waals surface area contributed by atoms with Crippen LogP contribution in [-0.2, 0) is 4.74 Å². The van der Waals surface area contributed by atoms with Gasteiger partial charge in [0.15, 0.2) is 0 Å². The number of methoxy groups -OCH3 is 1. The SMILES string of the molecule is CCCNC1C(CN(C)C(C)COC)CCC1(C)C. The fourth-order valence-electron chi connectivity index (χ4n) is 3.38. The first kappa shape index (κ1) is 16.9. The Labute approximate surface area is 120 Å². The van der Waals surface area contributed by atoms with Crippen molar-refractivity contribution in [1.29, 1.82) is 0 Å². The molecule has 0 bridgehead atoms. The van der Waals surface area contributed by atoms with Crippen molar-refractivity contribution in [3.63, 3.8) is 0 Å². The number of nitrogens with one attached hydrogen (secondary N) is 1. The molecule has 1 rings (SSSR count). The van der Waals surface area contributed by atoms with Crippen LogP contribution < -0.4 is 5.32 Å². The van der Waals surface area contributed by atoms with Gasteiger partial charge in [0.2, 0.25) is 0 Å². The van der Waals surface area contributed by atoms with E-state index in [0.717, 1.165) is 19.1 Å². The van der Waals surface area contributed by atoms with Crippen molar-refractivity contribution >= 4 is 0 Å². The largest absolute Gasteiger partial charge is 0.383 e. The fraction of sp³-hybridized carbons (Fsp3) is 1.00. The van der Waals surface area contributed by atoms with Gasteiger partial charge in [-0.1, -0.05) is 20.8 Å². The number of nitrogens with zero attached hydrogens (tertiary/aromatic N) is 1. The molecule has 0 aromatic rings. The van der Waals surface area contributed by atoms with E-state index in [1.54, 1.807) is 7.11 Å². The number of hydrogen-bond acceptors (Lipinski definition) is 3. The van der Waals surface area contributed by atoms with Gasteiger partial charge in [0.05, 0.1) is 6.61 Å². The lowest BCUT2D eigenvalue weighted by Gasteiger charge is -2.35. The lowest BCUT2D eigenvalue weighted by atomic mass is 9.84. The Morgan fingerprint density at radius 1 is 1.42 bits per heavy atom. The third-order valence-corrected chi connectivity index (χ3v) is 4.77. The molecule has 3 nitrogen and oxygen atoms in total. The van der Waals surface area contributed by atoms with Gasteiger partial charge in [-0.2, -0.15) is 0 Å². The first-order valence-electron chi connectivity index (χ1n) is 7.85. The standard InChI is InChI=1S/C16H34N2O/c1-7-10-17-15-14(8-9-16(15,3)4)11-18(5)13(2)12-19-6/h13-15,17H,7-12H2,1-6H3. The van der Waals surface area contributed by atoms with Crippen molar-refractivity contribution in [2.75, 3.05) is 33.9 Å². The van der Waals surface area contributed by atoms with Gasteiger partial charge >= 0.3 is 0 Å². The molecule has 19 heavy (non-hydrogen) atoms. The molecule has 1 saturated carbocycles. The van der Waals surface area contributed by atoms with Crippen LogP contribution in [0.3, 0.4) is 0 Å². The van der Waals surface area contributed by atoms with Crippen molar-refractivity contribution in [3.8, 4) is 0 Å². The molecule has 114 valence electrons. The van der Waals surface area contributed by atoms with Crippen LogP contribution in [0.4, 0.5) is 0 Å². The van der Waals surface area contributed by atoms with Crippen molar-refractivity contribution in [2.45, 2.75) is 59.0 Å². The van der Waals surface area contributed by atoms with E-state index in [2.05, 4.69) is 45.0 Å². The number of likely N-dealkylation sites (N-methyl/N-ethyl adjacent to an activating group) is 1. The summed E-state index contributed by atoms with van der Waals surface area (Å²) in [6.07, 6.45) is 3.90. The molecule has 3 heteroatoms. The van der Waals surface area contributed by atoms with Crippen molar-refractivity contribution in [1.82, 2.24) is 10.2 Å². The minimum Gasteiger partial charge on any atom is -0.383 e. The molecule has 3 unspecified atom stereocenters. The first-order valence-corrected chi connectivity index (χ1v) is 7.85. The van der Waals surface area contributed by atoms with E-state index < -0.39 is 0 Å². The third-order valence-electron chi connectivity index (χ3n) is 4.77. The Morgan fingerprint density at radius 2 is 2.11 bits per heavy atom. The molecule has 0 heterocycles. The van der Waals surface area contributed by atoms with Gasteiger partial charge in [0.25, 0.3) is 0 Å². The Hall–Kier alpha value is -0.120. The van der Waals surface area contributed by atoms with Gasteiger partial charge in [-0.05, 0) is 51.1 Å². The summed E-state index contributed by atoms with van der Waals surface area (Å²) >= 11 is 0. The second-order valence-electron chi connectivity index (χ2n) is 6.96. The zero-order valence-corrected chi connectivity index (χ0v) is 13.8. The number of hydrogen-bond donors (Lipinski definition) is 1. The lowest BCUT2D eigenvalue weighted by molar-refractivity contribution is 0.0986. The molecule has 0 radical (unpaired) electrons. The van der Waals surface area contributed by atoms with Gasteiger partial charge in [-0.3, -0.25) is 0 Å². The molecule has 3 atom stereocenters. The highest BCUT2D eigenvalue weighted by Gasteiger charge is 2.41. The molecule has 1 fully saturated rings. The van der Waals surface area contributed by atoms with E-state index in [1.165, 1.54) is 25.8 Å². The minimum atomic E-state index is 0.436. The van der Waals surface area contributed by atoms with E-state index in [0.29, 0.717) is 17.5 Å².